The second-order valence-corrected chi connectivity index (χ2v) is 8.16. The van der Waals surface area contributed by atoms with Gasteiger partial charge < -0.3 is 19.6 Å². The minimum Gasteiger partial charge on any atom is -0.454 e. The fourth-order valence-electron chi connectivity index (χ4n) is 3.92. The van der Waals surface area contributed by atoms with Gasteiger partial charge in [-0.05, 0) is 48.0 Å². The van der Waals surface area contributed by atoms with Gasteiger partial charge in [0, 0.05) is 66.5 Å². The molecule has 7 nitrogen and oxygen atoms in total. The molecule has 1 amide bonds. The third kappa shape index (κ3) is 4.46. The van der Waals surface area contributed by atoms with Crippen LogP contribution in [0.2, 0.25) is 0 Å². The Kier molecular flexibility index (Phi) is 6.03. The van der Waals surface area contributed by atoms with Crippen LogP contribution in [0.3, 0.4) is 0 Å². The normalized spacial score (nSPS) is 11.0. The molecule has 0 atom stereocenters. The predicted octanol–water partition coefficient (Wildman–Crippen LogP) is 4.93. The molecular weight excluding hydrogens is 466 g/mol. The first-order valence-corrected chi connectivity index (χ1v) is 11.0. The second-order valence-electron chi connectivity index (χ2n) is 8.16. The van der Waals surface area contributed by atoms with Crippen LogP contribution in [0, 0.1) is 11.6 Å². The van der Waals surface area contributed by atoms with Gasteiger partial charge in [-0.15, -0.1) is 0 Å². The molecule has 0 saturated heterocycles. The lowest BCUT2D eigenvalue weighted by Gasteiger charge is -2.15. The number of pyridine rings is 2. The highest BCUT2D eigenvalue weighted by atomic mass is 19.1. The Bertz CT molecular complexity index is 1640. The van der Waals surface area contributed by atoms with Gasteiger partial charge in [0.2, 0.25) is 0 Å². The number of ether oxygens (including phenoxy) is 1. The van der Waals surface area contributed by atoms with Crippen LogP contribution >= 0.6 is 0 Å². The van der Waals surface area contributed by atoms with Crippen molar-refractivity contribution in [3.05, 3.63) is 112 Å². The Hall–Kier alpha value is -4.79. The molecule has 0 bridgehead atoms. The van der Waals surface area contributed by atoms with Gasteiger partial charge in [0.05, 0.1) is 0 Å². The molecule has 2 aromatic carbocycles. The maximum absolute atomic E-state index is 14.4. The topological polar surface area (TPSA) is 89.0 Å². The smallest absolute Gasteiger partial charge is 0.274 e. The van der Waals surface area contributed by atoms with Crippen LogP contribution in [-0.4, -0.2) is 20.4 Å². The lowest BCUT2D eigenvalue weighted by molar-refractivity contribution is 0.0951. The molecule has 0 aliphatic heterocycles. The lowest BCUT2D eigenvalue weighted by Crippen LogP contribution is -2.23. The Morgan fingerprint density at radius 3 is 2.69 bits per heavy atom. The van der Waals surface area contributed by atoms with Crippen molar-refractivity contribution in [2.75, 3.05) is 0 Å². The highest BCUT2D eigenvalue weighted by Gasteiger charge is 2.18. The summed E-state index contributed by atoms with van der Waals surface area (Å²) >= 11 is 0. The van der Waals surface area contributed by atoms with Crippen molar-refractivity contribution in [3.8, 4) is 22.6 Å². The Morgan fingerprint density at radius 1 is 1.08 bits per heavy atom. The number of amides is 1. The number of halogens is 2. The number of rotatable bonds is 6. The summed E-state index contributed by atoms with van der Waals surface area (Å²) in [5.41, 5.74) is 2.36. The average molecular weight is 486 g/mol. The summed E-state index contributed by atoms with van der Waals surface area (Å²) in [4.78, 5) is 32.5. The van der Waals surface area contributed by atoms with Gasteiger partial charge in [-0.25, -0.2) is 8.78 Å². The molecule has 2 N–H and O–H groups in total. The van der Waals surface area contributed by atoms with Crippen molar-refractivity contribution in [1.29, 1.82) is 0 Å². The van der Waals surface area contributed by atoms with E-state index in [-0.39, 0.29) is 29.5 Å². The standard InChI is InChI=1S/C27H20F2N4O3/c1-33-15-21(19-8-10-31-25(19)27(33)35)20-11-17(26(34)32-14-16-3-2-9-30-13-16)4-6-23(20)36-24-7-5-18(28)12-22(24)29/h2-13,15,31H,14H2,1H3,(H,32,34). The fraction of sp³-hybridized carbons (Fsp3) is 0.0741. The van der Waals surface area contributed by atoms with Crippen molar-refractivity contribution in [3.63, 3.8) is 0 Å². The molecular formula is C27H20F2N4O3. The van der Waals surface area contributed by atoms with E-state index in [1.165, 1.54) is 10.6 Å². The minimum atomic E-state index is -0.869. The third-order valence-electron chi connectivity index (χ3n) is 5.72. The molecule has 0 unspecified atom stereocenters. The molecule has 5 rings (SSSR count). The van der Waals surface area contributed by atoms with Crippen LogP contribution in [0.4, 0.5) is 8.78 Å². The number of hydrogen-bond donors (Lipinski definition) is 2. The van der Waals surface area contributed by atoms with Crippen LogP contribution in [0.25, 0.3) is 22.0 Å². The molecule has 0 saturated carbocycles. The number of carbonyl (C=O) groups is 1. The number of nitrogens with zero attached hydrogens (tertiary/aromatic N) is 2. The molecule has 3 heterocycles. The number of nitrogens with one attached hydrogen (secondary N) is 2. The summed E-state index contributed by atoms with van der Waals surface area (Å²) in [5, 5.41) is 3.46. The maximum atomic E-state index is 14.4. The van der Waals surface area contributed by atoms with Gasteiger partial charge in [0.25, 0.3) is 11.5 Å². The Morgan fingerprint density at radius 2 is 1.92 bits per heavy atom. The highest BCUT2D eigenvalue weighted by molar-refractivity contribution is 6.00. The summed E-state index contributed by atoms with van der Waals surface area (Å²) in [6.07, 6.45) is 6.57. The van der Waals surface area contributed by atoms with Crippen molar-refractivity contribution >= 4 is 16.8 Å². The van der Waals surface area contributed by atoms with Crippen LogP contribution in [-0.2, 0) is 13.6 Å². The van der Waals surface area contributed by atoms with Gasteiger partial charge in [-0.2, -0.15) is 0 Å². The van der Waals surface area contributed by atoms with Crippen LogP contribution < -0.4 is 15.6 Å². The molecule has 0 spiro atoms. The summed E-state index contributed by atoms with van der Waals surface area (Å²) in [6.45, 7) is 0.281. The van der Waals surface area contributed by atoms with Crippen LogP contribution in [0.15, 0.2) is 84.2 Å². The number of aryl methyl sites for hydroxylation is 1. The first-order valence-electron chi connectivity index (χ1n) is 11.0. The monoisotopic (exact) mass is 486 g/mol. The number of fused-ring (bicyclic) bond motifs is 1. The summed E-state index contributed by atoms with van der Waals surface area (Å²) < 4.78 is 35.0. The van der Waals surface area contributed by atoms with E-state index >= 15 is 0 Å². The lowest BCUT2D eigenvalue weighted by atomic mass is 10.00. The largest absolute Gasteiger partial charge is 0.454 e. The van der Waals surface area contributed by atoms with Gasteiger partial charge in [-0.1, -0.05) is 6.07 Å². The molecule has 180 valence electrons. The Labute approximate surface area is 204 Å². The van der Waals surface area contributed by atoms with Crippen molar-refractivity contribution in [2.24, 2.45) is 7.05 Å². The molecule has 3 aromatic heterocycles. The van der Waals surface area contributed by atoms with Gasteiger partial charge in [0.1, 0.15) is 17.1 Å². The fourth-order valence-corrected chi connectivity index (χ4v) is 3.92. The number of hydrogen-bond acceptors (Lipinski definition) is 4. The third-order valence-corrected chi connectivity index (χ3v) is 5.72. The summed E-state index contributed by atoms with van der Waals surface area (Å²) in [6, 6.07) is 13.1. The number of benzene rings is 2. The highest BCUT2D eigenvalue weighted by Crippen LogP contribution is 2.38. The van der Waals surface area contributed by atoms with Gasteiger partial charge in [-0.3, -0.25) is 14.6 Å². The molecule has 0 aliphatic rings. The number of carbonyl (C=O) groups excluding carboxylic acids is 1. The van der Waals surface area contributed by atoms with E-state index < -0.39 is 11.6 Å². The molecule has 0 aliphatic carbocycles. The zero-order valence-electron chi connectivity index (χ0n) is 19.1. The number of aromatic nitrogens is 3. The second kappa shape index (κ2) is 9.46. The predicted molar refractivity (Wildman–Crippen MR) is 131 cm³/mol. The first-order chi connectivity index (χ1) is 17.4. The zero-order valence-corrected chi connectivity index (χ0v) is 19.1. The van der Waals surface area contributed by atoms with Crippen molar-refractivity contribution < 1.29 is 18.3 Å². The minimum absolute atomic E-state index is 0.179. The number of aromatic amines is 1. The van der Waals surface area contributed by atoms with Crippen molar-refractivity contribution in [2.45, 2.75) is 6.54 Å². The summed E-state index contributed by atoms with van der Waals surface area (Å²) in [7, 11) is 1.61. The van der Waals surface area contributed by atoms with E-state index in [1.54, 1.807) is 62.2 Å². The van der Waals surface area contributed by atoms with Crippen molar-refractivity contribution in [1.82, 2.24) is 19.9 Å². The Balaban J connectivity index is 1.59. The van der Waals surface area contributed by atoms with Gasteiger partial charge in [0.15, 0.2) is 11.6 Å². The quantitative estimate of drug-likeness (QED) is 0.356. The van der Waals surface area contributed by atoms with Crippen LogP contribution in [0.5, 0.6) is 11.5 Å². The summed E-state index contributed by atoms with van der Waals surface area (Å²) in [5.74, 6) is -1.89. The van der Waals surface area contributed by atoms with Crippen LogP contribution in [0.1, 0.15) is 15.9 Å². The number of H-pyrrole nitrogens is 1. The molecule has 0 radical (unpaired) electrons. The van der Waals surface area contributed by atoms with Gasteiger partial charge >= 0.3 is 0 Å². The molecule has 9 heteroatoms. The van der Waals surface area contributed by atoms with E-state index in [0.29, 0.717) is 27.6 Å². The molecule has 0 fully saturated rings. The van der Waals surface area contributed by atoms with E-state index in [0.717, 1.165) is 17.7 Å². The SMILES string of the molecule is Cn1cc(-c2cc(C(=O)NCc3cccnc3)ccc2Oc2ccc(F)cc2F)c2cc[nH]c2c1=O. The van der Waals surface area contributed by atoms with E-state index in [1.807, 2.05) is 6.07 Å². The van der Waals surface area contributed by atoms with E-state index in [2.05, 4.69) is 15.3 Å². The molecule has 36 heavy (non-hydrogen) atoms. The maximum Gasteiger partial charge on any atom is 0.274 e. The zero-order chi connectivity index (χ0) is 25.2. The van der Waals surface area contributed by atoms with E-state index in [4.69, 9.17) is 4.74 Å². The van der Waals surface area contributed by atoms with E-state index in [9.17, 15) is 18.4 Å². The molecule has 5 aromatic rings. The average Bonchev–Trinajstić information content (AvgIpc) is 3.38. The first kappa shape index (κ1) is 23.0.